The fraction of sp³-hybridized carbons (Fsp3) is 0.174. The molecule has 0 aliphatic carbocycles. The number of carbonyl (C=O) groups excluding carboxylic acids is 1. The Bertz CT molecular complexity index is 1280. The first-order chi connectivity index (χ1) is 14.1. The summed E-state index contributed by atoms with van der Waals surface area (Å²) in [6, 6.07) is 19.2. The lowest BCUT2D eigenvalue weighted by Gasteiger charge is -2.36. The van der Waals surface area contributed by atoms with Crippen molar-refractivity contribution in [2.45, 2.75) is 12.5 Å². The number of nitrogens with zero attached hydrogens (tertiary/aromatic N) is 3. The summed E-state index contributed by atoms with van der Waals surface area (Å²) >= 11 is 1.74. The van der Waals surface area contributed by atoms with Gasteiger partial charge in [-0.1, -0.05) is 48.5 Å². The van der Waals surface area contributed by atoms with Crippen LogP contribution in [0.25, 0.3) is 10.8 Å². The topological polar surface area (TPSA) is 55.2 Å². The van der Waals surface area contributed by atoms with Crippen LogP contribution in [0.4, 0.5) is 0 Å². The van der Waals surface area contributed by atoms with Crippen LogP contribution in [0.15, 0.2) is 70.8 Å². The number of benzene rings is 2. The Hall–Kier alpha value is -3.25. The maximum atomic E-state index is 13.7. The van der Waals surface area contributed by atoms with Crippen molar-refractivity contribution in [2.24, 2.45) is 7.05 Å². The van der Waals surface area contributed by atoms with Crippen LogP contribution in [0.3, 0.4) is 0 Å². The summed E-state index contributed by atoms with van der Waals surface area (Å²) in [5.74, 6) is -0.150. The zero-order valence-corrected chi connectivity index (χ0v) is 16.7. The van der Waals surface area contributed by atoms with E-state index in [1.54, 1.807) is 30.5 Å². The second-order valence-electron chi connectivity index (χ2n) is 7.18. The number of carbonyl (C=O) groups is 1. The molecule has 0 N–H and O–H groups in total. The second kappa shape index (κ2) is 6.97. The molecule has 1 aliphatic rings. The van der Waals surface area contributed by atoms with Crippen LogP contribution in [0.5, 0.6) is 0 Å². The van der Waals surface area contributed by atoms with Gasteiger partial charge in [0.05, 0.1) is 11.4 Å². The summed E-state index contributed by atoms with van der Waals surface area (Å²) < 4.78 is 1.26. The van der Waals surface area contributed by atoms with E-state index in [1.807, 2.05) is 35.2 Å². The van der Waals surface area contributed by atoms with E-state index in [0.29, 0.717) is 23.0 Å². The van der Waals surface area contributed by atoms with Gasteiger partial charge < -0.3 is 4.90 Å². The van der Waals surface area contributed by atoms with Gasteiger partial charge in [-0.05, 0) is 35.1 Å². The van der Waals surface area contributed by atoms with Crippen LogP contribution in [-0.2, 0) is 13.5 Å². The maximum Gasteiger partial charge on any atom is 0.275 e. The van der Waals surface area contributed by atoms with Gasteiger partial charge >= 0.3 is 0 Å². The zero-order chi connectivity index (χ0) is 20.0. The Kier molecular flexibility index (Phi) is 4.28. The van der Waals surface area contributed by atoms with E-state index in [9.17, 15) is 9.59 Å². The minimum Gasteiger partial charge on any atom is -0.326 e. The van der Waals surface area contributed by atoms with Gasteiger partial charge in [0.15, 0.2) is 5.69 Å². The lowest BCUT2D eigenvalue weighted by molar-refractivity contribution is 0.0690. The number of hydrogen-bond acceptors (Lipinski definition) is 4. The molecule has 0 unspecified atom stereocenters. The highest BCUT2D eigenvalue weighted by molar-refractivity contribution is 7.10. The summed E-state index contributed by atoms with van der Waals surface area (Å²) in [7, 11) is 1.59. The molecule has 3 heterocycles. The average molecular weight is 401 g/mol. The van der Waals surface area contributed by atoms with E-state index in [0.717, 1.165) is 12.0 Å². The SMILES string of the molecule is Cn1nc(C(=O)N2CCc3sccc3[C@@H]2c2ccccc2)c2ccccc2c1=O. The van der Waals surface area contributed by atoms with E-state index < -0.39 is 0 Å². The third-order valence-electron chi connectivity index (χ3n) is 5.50. The molecule has 0 saturated heterocycles. The molecule has 1 amide bonds. The fourth-order valence-electron chi connectivity index (χ4n) is 4.12. The van der Waals surface area contributed by atoms with E-state index in [-0.39, 0.29) is 17.5 Å². The van der Waals surface area contributed by atoms with Crippen molar-refractivity contribution in [3.05, 3.63) is 98.1 Å². The van der Waals surface area contributed by atoms with Crippen molar-refractivity contribution < 1.29 is 4.79 Å². The van der Waals surface area contributed by atoms with Gasteiger partial charge in [-0.15, -0.1) is 11.3 Å². The molecule has 0 saturated carbocycles. The highest BCUT2D eigenvalue weighted by Crippen LogP contribution is 2.38. The molecule has 1 aliphatic heterocycles. The third kappa shape index (κ3) is 2.87. The normalized spacial score (nSPS) is 16.0. The van der Waals surface area contributed by atoms with E-state index in [2.05, 4.69) is 28.7 Å². The van der Waals surface area contributed by atoms with Crippen molar-refractivity contribution in [3.63, 3.8) is 0 Å². The smallest absolute Gasteiger partial charge is 0.275 e. The van der Waals surface area contributed by atoms with Gasteiger partial charge in [-0.25, -0.2) is 4.68 Å². The minimum atomic E-state index is -0.199. The summed E-state index contributed by atoms with van der Waals surface area (Å²) in [6.07, 6.45) is 0.825. The summed E-state index contributed by atoms with van der Waals surface area (Å²) in [5.41, 5.74) is 2.38. The molecule has 5 nitrogen and oxygen atoms in total. The Labute approximate surface area is 171 Å². The summed E-state index contributed by atoms with van der Waals surface area (Å²) in [6.45, 7) is 0.616. The van der Waals surface area contributed by atoms with Crippen molar-refractivity contribution in [1.29, 1.82) is 0 Å². The second-order valence-corrected chi connectivity index (χ2v) is 8.18. The minimum absolute atomic E-state index is 0.150. The Balaban J connectivity index is 1.67. The van der Waals surface area contributed by atoms with Crippen LogP contribution in [0.1, 0.15) is 32.5 Å². The molecule has 4 aromatic rings. The Morgan fingerprint density at radius 2 is 1.76 bits per heavy atom. The van der Waals surface area contributed by atoms with Crippen molar-refractivity contribution in [2.75, 3.05) is 6.54 Å². The Morgan fingerprint density at radius 3 is 2.55 bits per heavy atom. The standard InChI is InChI=1S/C23H19N3O2S/c1-25-22(27)17-10-6-5-9-16(17)20(24-25)23(28)26-13-11-19-18(12-14-29-19)21(26)15-7-3-2-4-8-15/h2-10,12,14,21H,11,13H2,1H3/t21-/m0/s1. The quantitative estimate of drug-likeness (QED) is 0.514. The van der Waals surface area contributed by atoms with Gasteiger partial charge in [0, 0.05) is 23.9 Å². The van der Waals surface area contributed by atoms with Crippen LogP contribution >= 0.6 is 11.3 Å². The van der Waals surface area contributed by atoms with Gasteiger partial charge in [-0.2, -0.15) is 5.10 Å². The first-order valence-corrected chi connectivity index (χ1v) is 10.4. The molecule has 0 radical (unpaired) electrons. The molecule has 5 rings (SSSR count). The summed E-state index contributed by atoms with van der Waals surface area (Å²) in [4.78, 5) is 29.4. The lowest BCUT2D eigenvalue weighted by Crippen LogP contribution is -2.41. The molecule has 2 aromatic carbocycles. The van der Waals surface area contributed by atoms with Crippen LogP contribution in [0, 0.1) is 0 Å². The number of amides is 1. The van der Waals surface area contributed by atoms with E-state index in [1.165, 1.54) is 15.1 Å². The molecule has 0 bridgehead atoms. The number of hydrogen-bond donors (Lipinski definition) is 0. The molecule has 0 spiro atoms. The molecule has 0 fully saturated rings. The highest BCUT2D eigenvalue weighted by atomic mass is 32.1. The van der Waals surface area contributed by atoms with Crippen molar-refractivity contribution >= 4 is 28.0 Å². The molecular formula is C23H19N3O2S. The van der Waals surface area contributed by atoms with E-state index >= 15 is 0 Å². The number of rotatable bonds is 2. The zero-order valence-electron chi connectivity index (χ0n) is 15.9. The van der Waals surface area contributed by atoms with Gasteiger partial charge in [0.1, 0.15) is 0 Å². The van der Waals surface area contributed by atoms with Crippen LogP contribution in [-0.4, -0.2) is 27.1 Å². The average Bonchev–Trinajstić information content (AvgIpc) is 3.24. The molecule has 29 heavy (non-hydrogen) atoms. The predicted molar refractivity (Wildman–Crippen MR) is 114 cm³/mol. The van der Waals surface area contributed by atoms with E-state index in [4.69, 9.17) is 0 Å². The molecule has 6 heteroatoms. The predicted octanol–water partition coefficient (Wildman–Crippen LogP) is 3.78. The largest absolute Gasteiger partial charge is 0.326 e. The number of aryl methyl sites for hydroxylation is 1. The number of fused-ring (bicyclic) bond motifs is 2. The van der Waals surface area contributed by atoms with Crippen LogP contribution in [0.2, 0.25) is 0 Å². The highest BCUT2D eigenvalue weighted by Gasteiger charge is 2.34. The molecule has 144 valence electrons. The fourth-order valence-corrected chi connectivity index (χ4v) is 5.03. The molecule has 2 aromatic heterocycles. The Morgan fingerprint density at radius 1 is 1.03 bits per heavy atom. The van der Waals surface area contributed by atoms with Crippen molar-refractivity contribution in [1.82, 2.24) is 14.7 Å². The van der Waals surface area contributed by atoms with Crippen LogP contribution < -0.4 is 5.56 Å². The monoisotopic (exact) mass is 401 g/mol. The number of thiophene rings is 1. The first kappa shape index (κ1) is 17.8. The van der Waals surface area contributed by atoms with Crippen molar-refractivity contribution in [3.8, 4) is 0 Å². The summed E-state index contributed by atoms with van der Waals surface area (Å²) in [5, 5.41) is 7.57. The number of aromatic nitrogens is 2. The lowest BCUT2D eigenvalue weighted by atomic mass is 9.92. The molecular weight excluding hydrogens is 382 g/mol. The first-order valence-electron chi connectivity index (χ1n) is 9.53. The van der Waals surface area contributed by atoms with Gasteiger partial charge in [-0.3, -0.25) is 9.59 Å². The molecule has 1 atom stereocenters. The van der Waals surface area contributed by atoms with Gasteiger partial charge in [0.25, 0.3) is 11.5 Å². The maximum absolute atomic E-state index is 13.7. The third-order valence-corrected chi connectivity index (χ3v) is 6.50. The van der Waals surface area contributed by atoms with Gasteiger partial charge in [0.2, 0.25) is 0 Å².